The Kier molecular flexibility index (Phi) is 4.82. The van der Waals surface area contributed by atoms with Gasteiger partial charge in [0.25, 0.3) is 0 Å². The van der Waals surface area contributed by atoms with Crippen LogP contribution in [-0.4, -0.2) is 12.1 Å². The maximum absolute atomic E-state index is 11.7. The third-order valence-corrected chi connectivity index (χ3v) is 2.80. The Morgan fingerprint density at radius 1 is 1.14 bits per heavy atom. The monoisotopic (exact) mass is 285 g/mol. The molecule has 0 radical (unpaired) electrons. The smallest absolute Gasteiger partial charge is 0.338 e. The van der Waals surface area contributed by atoms with Gasteiger partial charge < -0.3 is 15.2 Å². The Balaban J connectivity index is 1.95. The predicted octanol–water partition coefficient (Wildman–Crippen LogP) is 3.41. The quantitative estimate of drug-likeness (QED) is 0.675. The Labute approximate surface area is 124 Å². The van der Waals surface area contributed by atoms with Crippen LogP contribution in [0.3, 0.4) is 0 Å². The van der Waals surface area contributed by atoms with Gasteiger partial charge in [-0.1, -0.05) is 18.2 Å². The Morgan fingerprint density at radius 2 is 1.86 bits per heavy atom. The fraction of sp³-hybridized carbons (Fsp3) is 0.235. The first-order chi connectivity index (χ1) is 10.0. The number of anilines is 1. The third-order valence-electron chi connectivity index (χ3n) is 2.80. The highest BCUT2D eigenvalue weighted by Crippen LogP contribution is 2.16. The molecule has 4 heteroatoms. The largest absolute Gasteiger partial charge is 0.489 e. The van der Waals surface area contributed by atoms with Gasteiger partial charge in [-0.05, 0) is 43.7 Å². The van der Waals surface area contributed by atoms with Crippen LogP contribution in [0.1, 0.15) is 29.8 Å². The van der Waals surface area contributed by atoms with Gasteiger partial charge in [-0.3, -0.25) is 0 Å². The van der Waals surface area contributed by atoms with Crippen LogP contribution in [0.4, 0.5) is 5.69 Å². The van der Waals surface area contributed by atoms with Crippen molar-refractivity contribution in [2.45, 2.75) is 26.6 Å². The number of hydrogen-bond donors (Lipinski definition) is 1. The molecule has 0 fully saturated rings. The Hall–Kier alpha value is -2.49. The summed E-state index contributed by atoms with van der Waals surface area (Å²) in [6.07, 6.45) is -0.121. The van der Waals surface area contributed by atoms with Crippen molar-refractivity contribution >= 4 is 11.7 Å². The molecule has 0 spiro atoms. The lowest BCUT2D eigenvalue weighted by Crippen LogP contribution is -2.11. The molecular formula is C17H19NO3. The molecule has 0 heterocycles. The van der Waals surface area contributed by atoms with E-state index in [0.29, 0.717) is 17.9 Å². The van der Waals surface area contributed by atoms with Gasteiger partial charge in [0.2, 0.25) is 0 Å². The summed E-state index contributed by atoms with van der Waals surface area (Å²) >= 11 is 0. The van der Waals surface area contributed by atoms with Crippen molar-refractivity contribution in [3.8, 4) is 5.75 Å². The van der Waals surface area contributed by atoms with E-state index in [4.69, 9.17) is 15.2 Å². The molecule has 0 saturated carbocycles. The molecule has 0 atom stereocenters. The van der Waals surface area contributed by atoms with Crippen LogP contribution < -0.4 is 10.5 Å². The van der Waals surface area contributed by atoms with E-state index in [9.17, 15) is 4.79 Å². The zero-order valence-corrected chi connectivity index (χ0v) is 12.2. The molecule has 0 aromatic heterocycles. The van der Waals surface area contributed by atoms with Crippen LogP contribution in [0, 0.1) is 0 Å². The minimum absolute atomic E-state index is 0.121. The maximum Gasteiger partial charge on any atom is 0.338 e. The molecule has 2 aromatic carbocycles. The number of esters is 1. The van der Waals surface area contributed by atoms with E-state index in [1.54, 1.807) is 18.2 Å². The van der Waals surface area contributed by atoms with Crippen LogP contribution >= 0.6 is 0 Å². The number of ether oxygens (including phenoxy) is 2. The lowest BCUT2D eigenvalue weighted by Gasteiger charge is -2.09. The van der Waals surface area contributed by atoms with Gasteiger partial charge >= 0.3 is 5.97 Å². The van der Waals surface area contributed by atoms with E-state index in [2.05, 4.69) is 0 Å². The average molecular weight is 285 g/mol. The van der Waals surface area contributed by atoms with Crippen molar-refractivity contribution in [1.82, 2.24) is 0 Å². The Bertz CT molecular complexity index is 606. The highest BCUT2D eigenvalue weighted by molar-refractivity contribution is 5.89. The molecule has 0 saturated heterocycles. The van der Waals surface area contributed by atoms with Crippen molar-refractivity contribution < 1.29 is 14.3 Å². The van der Waals surface area contributed by atoms with Crippen molar-refractivity contribution in [2.75, 3.05) is 5.73 Å². The van der Waals surface area contributed by atoms with Crippen molar-refractivity contribution in [1.29, 1.82) is 0 Å². The van der Waals surface area contributed by atoms with E-state index in [0.717, 1.165) is 11.3 Å². The van der Waals surface area contributed by atoms with E-state index >= 15 is 0 Å². The number of rotatable bonds is 5. The minimum Gasteiger partial charge on any atom is -0.489 e. The molecule has 0 bridgehead atoms. The summed E-state index contributed by atoms with van der Waals surface area (Å²) in [4.78, 5) is 11.7. The molecule has 0 aliphatic rings. The summed E-state index contributed by atoms with van der Waals surface area (Å²) in [7, 11) is 0. The zero-order valence-electron chi connectivity index (χ0n) is 12.2. The highest BCUT2D eigenvalue weighted by atomic mass is 16.5. The highest BCUT2D eigenvalue weighted by Gasteiger charge is 2.08. The number of hydrogen-bond acceptors (Lipinski definition) is 4. The minimum atomic E-state index is -0.312. The van der Waals surface area contributed by atoms with Crippen LogP contribution in [0.2, 0.25) is 0 Å². The molecule has 0 amide bonds. The summed E-state index contributed by atoms with van der Waals surface area (Å²) in [6, 6.07) is 14.5. The second-order valence-corrected chi connectivity index (χ2v) is 5.01. The molecule has 2 rings (SSSR count). The van der Waals surface area contributed by atoms with Gasteiger partial charge in [-0.2, -0.15) is 0 Å². The number of carbonyl (C=O) groups excluding carboxylic acids is 1. The topological polar surface area (TPSA) is 61.5 Å². The van der Waals surface area contributed by atoms with E-state index in [-0.39, 0.29) is 12.1 Å². The molecule has 0 aliphatic carbocycles. The predicted molar refractivity (Wildman–Crippen MR) is 82.2 cm³/mol. The molecule has 0 aliphatic heterocycles. The molecule has 110 valence electrons. The zero-order chi connectivity index (χ0) is 15.2. The second-order valence-electron chi connectivity index (χ2n) is 5.01. The van der Waals surface area contributed by atoms with E-state index < -0.39 is 0 Å². The van der Waals surface area contributed by atoms with Gasteiger partial charge in [-0.25, -0.2) is 4.79 Å². The number of benzene rings is 2. The lowest BCUT2D eigenvalue weighted by atomic mass is 10.1. The molecule has 2 aromatic rings. The molecule has 0 unspecified atom stereocenters. The fourth-order valence-corrected chi connectivity index (χ4v) is 1.79. The number of nitrogens with two attached hydrogens (primary N) is 1. The van der Waals surface area contributed by atoms with Gasteiger partial charge in [0.15, 0.2) is 0 Å². The van der Waals surface area contributed by atoms with Gasteiger partial charge in [0, 0.05) is 11.8 Å². The van der Waals surface area contributed by atoms with Crippen LogP contribution in [0.15, 0.2) is 48.5 Å². The first-order valence-corrected chi connectivity index (χ1v) is 6.83. The summed E-state index contributed by atoms with van der Waals surface area (Å²) in [5, 5.41) is 0. The molecule has 21 heavy (non-hydrogen) atoms. The number of nitrogen functional groups attached to an aromatic ring is 1. The molecule has 4 nitrogen and oxygen atoms in total. The second kappa shape index (κ2) is 6.79. The standard InChI is InChI=1S/C17H19NO3/c1-12(2)21-17(19)14-8-6-13(7-9-14)11-20-16-5-3-4-15(18)10-16/h3-10,12H,11,18H2,1-2H3. The first kappa shape index (κ1) is 14.9. The van der Waals surface area contributed by atoms with Gasteiger partial charge in [0.1, 0.15) is 12.4 Å². The van der Waals surface area contributed by atoms with Gasteiger partial charge in [-0.15, -0.1) is 0 Å². The molecule has 2 N–H and O–H groups in total. The van der Waals surface area contributed by atoms with Crippen molar-refractivity contribution in [3.05, 3.63) is 59.7 Å². The van der Waals surface area contributed by atoms with Crippen molar-refractivity contribution in [3.63, 3.8) is 0 Å². The maximum atomic E-state index is 11.7. The first-order valence-electron chi connectivity index (χ1n) is 6.83. The van der Waals surface area contributed by atoms with Crippen LogP contribution in [0.25, 0.3) is 0 Å². The lowest BCUT2D eigenvalue weighted by molar-refractivity contribution is 0.0378. The summed E-state index contributed by atoms with van der Waals surface area (Å²) in [5.74, 6) is 0.409. The SMILES string of the molecule is CC(C)OC(=O)c1ccc(COc2cccc(N)c2)cc1. The third kappa shape index (κ3) is 4.53. The Morgan fingerprint density at radius 3 is 2.48 bits per heavy atom. The summed E-state index contributed by atoms with van der Waals surface area (Å²) in [5.41, 5.74) is 7.86. The van der Waals surface area contributed by atoms with Crippen LogP contribution in [-0.2, 0) is 11.3 Å². The normalized spacial score (nSPS) is 10.4. The fourth-order valence-electron chi connectivity index (χ4n) is 1.79. The average Bonchev–Trinajstić information content (AvgIpc) is 2.45. The van der Waals surface area contributed by atoms with Gasteiger partial charge in [0.05, 0.1) is 11.7 Å². The van der Waals surface area contributed by atoms with E-state index in [1.165, 1.54) is 0 Å². The van der Waals surface area contributed by atoms with E-state index in [1.807, 2.05) is 44.2 Å². The van der Waals surface area contributed by atoms with Crippen LogP contribution in [0.5, 0.6) is 5.75 Å². The summed E-state index contributed by atoms with van der Waals surface area (Å²) < 4.78 is 10.8. The number of carbonyl (C=O) groups is 1. The van der Waals surface area contributed by atoms with Crippen molar-refractivity contribution in [2.24, 2.45) is 0 Å². The summed E-state index contributed by atoms with van der Waals surface area (Å²) in [6.45, 7) is 4.07. The molecular weight excluding hydrogens is 266 g/mol.